The Balaban J connectivity index is 4.49. The largest absolute Gasteiger partial charge is 0.261 e. The molecule has 0 radical (unpaired) electrons. The van der Waals surface area contributed by atoms with Crippen molar-refractivity contribution in [1.29, 1.82) is 0 Å². The quantitative estimate of drug-likeness (QED) is 0.398. The fourth-order valence-corrected chi connectivity index (χ4v) is 1.40. The number of nitrogens with zero attached hydrogens (tertiary/aromatic N) is 1. The summed E-state index contributed by atoms with van der Waals surface area (Å²) in [6, 6.07) is 0. The second kappa shape index (κ2) is 10.1. The summed E-state index contributed by atoms with van der Waals surface area (Å²) in [5.74, 6) is 0.699. The van der Waals surface area contributed by atoms with Crippen LogP contribution in [0.15, 0.2) is 41.1 Å². The molecule has 0 spiro atoms. The van der Waals surface area contributed by atoms with Gasteiger partial charge in [-0.2, -0.15) is 0 Å². The molecule has 0 bridgehead atoms. The van der Waals surface area contributed by atoms with E-state index in [0.717, 1.165) is 24.8 Å². The lowest BCUT2D eigenvalue weighted by Gasteiger charge is -2.07. The Morgan fingerprint density at radius 2 is 2.06 bits per heavy atom. The Bertz CT molecular complexity index is 295. The van der Waals surface area contributed by atoms with Crippen LogP contribution in [0.3, 0.4) is 0 Å². The first-order valence-corrected chi connectivity index (χ1v) is 6.69. The second-order valence-electron chi connectivity index (χ2n) is 4.45. The third kappa shape index (κ3) is 7.73. The van der Waals surface area contributed by atoms with Crippen molar-refractivity contribution >= 4 is 6.21 Å². The summed E-state index contributed by atoms with van der Waals surface area (Å²) in [6.45, 7) is 12.5. The van der Waals surface area contributed by atoms with E-state index in [1.54, 1.807) is 0 Å². The van der Waals surface area contributed by atoms with Gasteiger partial charge in [-0.3, -0.25) is 4.99 Å². The van der Waals surface area contributed by atoms with Crippen molar-refractivity contribution in [2.75, 3.05) is 0 Å². The van der Waals surface area contributed by atoms with Crippen molar-refractivity contribution < 1.29 is 0 Å². The zero-order chi connectivity index (χ0) is 13.1. The summed E-state index contributed by atoms with van der Waals surface area (Å²) in [5, 5.41) is 0. The number of hydrogen-bond donors (Lipinski definition) is 0. The van der Waals surface area contributed by atoms with Gasteiger partial charge in [0.15, 0.2) is 0 Å². The van der Waals surface area contributed by atoms with Gasteiger partial charge in [-0.15, -0.1) is 0 Å². The van der Waals surface area contributed by atoms with Gasteiger partial charge in [0.25, 0.3) is 0 Å². The number of allylic oxidation sites excluding steroid dienone is 5. The predicted molar refractivity (Wildman–Crippen MR) is 79.5 cm³/mol. The maximum Gasteiger partial charge on any atom is 0.0363 e. The predicted octanol–water partition coefficient (Wildman–Crippen LogP) is 5.31. The molecule has 17 heavy (non-hydrogen) atoms. The summed E-state index contributed by atoms with van der Waals surface area (Å²) < 4.78 is 0. The molecule has 0 aromatic heterocycles. The molecule has 0 heterocycles. The van der Waals surface area contributed by atoms with Gasteiger partial charge in [0.1, 0.15) is 0 Å². The fourth-order valence-electron chi connectivity index (χ4n) is 1.40. The van der Waals surface area contributed by atoms with Crippen LogP contribution in [0.2, 0.25) is 0 Å². The third-order valence-corrected chi connectivity index (χ3v) is 2.87. The van der Waals surface area contributed by atoms with Crippen LogP contribution in [0.5, 0.6) is 0 Å². The van der Waals surface area contributed by atoms with Gasteiger partial charge in [-0.05, 0) is 31.3 Å². The topological polar surface area (TPSA) is 12.4 Å². The summed E-state index contributed by atoms with van der Waals surface area (Å²) in [6.07, 6.45) is 12.6. The Morgan fingerprint density at radius 3 is 2.53 bits per heavy atom. The molecular weight excluding hydrogens is 206 g/mol. The molecule has 0 saturated heterocycles. The molecule has 0 amide bonds. The zero-order valence-corrected chi connectivity index (χ0v) is 11.9. The van der Waals surface area contributed by atoms with E-state index in [4.69, 9.17) is 0 Å². The van der Waals surface area contributed by atoms with E-state index in [9.17, 15) is 0 Å². The smallest absolute Gasteiger partial charge is 0.0363 e. The number of unbranched alkanes of at least 4 members (excludes halogenated alkanes) is 1. The molecule has 0 fully saturated rings. The normalized spacial score (nSPS) is 15.3. The van der Waals surface area contributed by atoms with Crippen LogP contribution < -0.4 is 0 Å². The molecule has 0 aromatic carbocycles. The summed E-state index contributed by atoms with van der Waals surface area (Å²) in [5.41, 5.74) is 2.29. The lowest BCUT2D eigenvalue weighted by atomic mass is 10.0. The first-order chi connectivity index (χ1) is 8.17. The molecule has 0 aliphatic rings. The highest BCUT2D eigenvalue weighted by atomic mass is 14.7. The maximum atomic E-state index is 4.55. The highest BCUT2D eigenvalue weighted by Gasteiger charge is 2.01. The molecule has 1 atom stereocenters. The molecular formula is C16H27N. The molecule has 0 rings (SSSR count). The lowest BCUT2D eigenvalue weighted by molar-refractivity contribution is 0.555. The minimum Gasteiger partial charge on any atom is -0.261 e. The molecule has 0 aromatic rings. The van der Waals surface area contributed by atoms with Crippen LogP contribution in [0, 0.1) is 5.92 Å². The second-order valence-corrected chi connectivity index (χ2v) is 4.45. The first-order valence-electron chi connectivity index (χ1n) is 6.69. The molecule has 1 nitrogen and oxygen atoms in total. The van der Waals surface area contributed by atoms with Gasteiger partial charge >= 0.3 is 0 Å². The van der Waals surface area contributed by atoms with Gasteiger partial charge in [0.05, 0.1) is 0 Å². The van der Waals surface area contributed by atoms with Crippen LogP contribution >= 0.6 is 0 Å². The highest BCUT2D eigenvalue weighted by molar-refractivity contribution is 5.82. The van der Waals surface area contributed by atoms with Gasteiger partial charge in [0.2, 0.25) is 0 Å². The van der Waals surface area contributed by atoms with E-state index in [1.165, 1.54) is 12.1 Å². The van der Waals surface area contributed by atoms with E-state index in [-0.39, 0.29) is 0 Å². The van der Waals surface area contributed by atoms with Crippen LogP contribution in [0.4, 0.5) is 0 Å². The first kappa shape index (κ1) is 15.9. The molecule has 1 heteroatoms. The summed E-state index contributed by atoms with van der Waals surface area (Å²) >= 11 is 0. The standard InChI is InChI=1S/C16H27N/c1-6-10-11-15(8-3)13-17-16(9-4)12-14(5)7-2/h8-9,11,13-14H,3,6-7,10,12H2,1-2,4-5H3/b15-11+,16-9-,17-13-. The number of aliphatic imine (C=N–C) groups is 1. The Morgan fingerprint density at radius 1 is 1.35 bits per heavy atom. The number of hydrogen-bond acceptors (Lipinski definition) is 1. The third-order valence-electron chi connectivity index (χ3n) is 2.87. The van der Waals surface area contributed by atoms with Crippen LogP contribution in [0.25, 0.3) is 0 Å². The molecule has 0 saturated carbocycles. The van der Waals surface area contributed by atoms with Gasteiger partial charge in [0, 0.05) is 11.9 Å². The lowest BCUT2D eigenvalue weighted by Crippen LogP contribution is -1.94. The minimum absolute atomic E-state index is 0.699. The van der Waals surface area contributed by atoms with E-state index in [0.29, 0.717) is 5.92 Å². The minimum atomic E-state index is 0.699. The summed E-state index contributed by atoms with van der Waals surface area (Å²) in [4.78, 5) is 4.55. The van der Waals surface area contributed by atoms with Crippen molar-refractivity contribution in [3.05, 3.63) is 36.1 Å². The summed E-state index contributed by atoms with van der Waals surface area (Å²) in [7, 11) is 0. The Hall–Kier alpha value is -1.11. The van der Waals surface area contributed by atoms with Crippen molar-refractivity contribution in [3.8, 4) is 0 Å². The average Bonchev–Trinajstić information content (AvgIpc) is 2.37. The zero-order valence-electron chi connectivity index (χ0n) is 11.9. The van der Waals surface area contributed by atoms with Crippen LogP contribution in [-0.4, -0.2) is 6.21 Å². The molecule has 0 aliphatic carbocycles. The van der Waals surface area contributed by atoms with E-state index in [1.807, 2.05) is 12.3 Å². The van der Waals surface area contributed by atoms with Crippen molar-refractivity contribution in [1.82, 2.24) is 0 Å². The SMILES string of the molecule is C=CC(/C=N\C(=C/C)CC(C)CC)=C\CCC. The van der Waals surface area contributed by atoms with Crippen LogP contribution in [-0.2, 0) is 0 Å². The van der Waals surface area contributed by atoms with Crippen molar-refractivity contribution in [3.63, 3.8) is 0 Å². The highest BCUT2D eigenvalue weighted by Crippen LogP contribution is 2.15. The molecule has 0 N–H and O–H groups in total. The van der Waals surface area contributed by atoms with E-state index in [2.05, 4.69) is 51.4 Å². The van der Waals surface area contributed by atoms with Crippen molar-refractivity contribution in [2.45, 2.75) is 53.4 Å². The Kier molecular flexibility index (Phi) is 9.41. The maximum absolute atomic E-state index is 4.55. The van der Waals surface area contributed by atoms with Crippen LogP contribution in [0.1, 0.15) is 53.4 Å². The average molecular weight is 233 g/mol. The monoisotopic (exact) mass is 233 g/mol. The van der Waals surface area contributed by atoms with Gasteiger partial charge in [-0.1, -0.05) is 58.4 Å². The molecule has 96 valence electrons. The van der Waals surface area contributed by atoms with Gasteiger partial charge in [-0.25, -0.2) is 0 Å². The van der Waals surface area contributed by atoms with Crippen molar-refractivity contribution in [2.24, 2.45) is 10.9 Å². The van der Waals surface area contributed by atoms with E-state index >= 15 is 0 Å². The fraction of sp³-hybridized carbons (Fsp3) is 0.562. The van der Waals surface area contributed by atoms with Gasteiger partial charge < -0.3 is 0 Å². The number of rotatable bonds is 8. The Labute approximate surface area is 107 Å². The molecule has 0 aliphatic heterocycles. The molecule has 1 unspecified atom stereocenters. The van der Waals surface area contributed by atoms with E-state index < -0.39 is 0 Å².